The molecule has 1 aromatic carbocycles. The predicted octanol–water partition coefficient (Wildman–Crippen LogP) is 5.73. The highest BCUT2D eigenvalue weighted by molar-refractivity contribution is 6.03. The number of carbonyl (C=O) groups is 2. The number of hydrogen-bond donors (Lipinski definition) is 3. The normalized spacial score (nSPS) is 15.1. The molecule has 0 aliphatic heterocycles. The van der Waals surface area contributed by atoms with Crippen LogP contribution in [0.3, 0.4) is 0 Å². The highest BCUT2D eigenvalue weighted by Gasteiger charge is 2.33. The lowest BCUT2D eigenvalue weighted by Crippen LogP contribution is -2.47. The fourth-order valence-electron chi connectivity index (χ4n) is 4.53. The highest BCUT2D eigenvalue weighted by atomic mass is 19.4. The Kier molecular flexibility index (Phi) is 14.3. The molecule has 2 atom stereocenters. The number of benzene rings is 1. The molecule has 1 aliphatic carbocycles. The topological polar surface area (TPSA) is 114 Å². The zero-order valence-electron chi connectivity index (χ0n) is 25.8. The van der Waals surface area contributed by atoms with E-state index in [9.17, 15) is 27.9 Å². The number of aliphatic hydroxyl groups is 1. The molecule has 45 heavy (non-hydrogen) atoms. The standard InChI is InChI=1S/C34H42F3N5O3/c1-5-6-7-8-11-19-40(4)20-21-41(33(45)26(24-43)22-31(39)29-15-9-10-16-30(29)38)23-32(44)42(25(2)3)28-14-12-13-27(17-18-28)34(35,36)37/h5-13,15-18,20-21,24-26,33,39,45H,1,14,19,22-23,38H2,2-4H3/b7-6-,11-8-,21-20-,39-31?. The number of likely N-dealkylation sites (N-methyl/N-ethyl adjacent to an activating group) is 1. The molecule has 0 spiro atoms. The SMILES string of the molecule is C=C/C=C\C=C/CN(C)/C=C\N(CC(=O)N(C1=CC=C(C(F)(F)F)C=CC1)C(C)C)C(O)C(C=O)CC(=N)c1ccccc1N. The Bertz CT molecular complexity index is 1380. The van der Waals surface area contributed by atoms with Gasteiger partial charge in [0, 0.05) is 67.5 Å². The Morgan fingerprint density at radius 2 is 1.87 bits per heavy atom. The largest absolute Gasteiger partial charge is 0.416 e. The van der Waals surface area contributed by atoms with Crippen LogP contribution < -0.4 is 5.73 Å². The van der Waals surface area contributed by atoms with Crippen molar-refractivity contribution in [2.45, 2.75) is 45.1 Å². The molecule has 8 nitrogen and oxygen atoms in total. The molecule has 4 N–H and O–H groups in total. The van der Waals surface area contributed by atoms with Gasteiger partial charge in [-0.25, -0.2) is 0 Å². The van der Waals surface area contributed by atoms with Crippen molar-refractivity contribution in [3.63, 3.8) is 0 Å². The average molecular weight is 626 g/mol. The van der Waals surface area contributed by atoms with Gasteiger partial charge in [0.25, 0.3) is 0 Å². The molecule has 0 bridgehead atoms. The molecule has 11 heteroatoms. The summed E-state index contributed by atoms with van der Waals surface area (Å²) in [7, 11) is 1.78. The van der Waals surface area contributed by atoms with Gasteiger partial charge in [0.05, 0.1) is 18.0 Å². The molecule has 2 unspecified atom stereocenters. The monoisotopic (exact) mass is 625 g/mol. The summed E-state index contributed by atoms with van der Waals surface area (Å²) in [5.41, 5.74) is 6.35. The van der Waals surface area contributed by atoms with E-state index < -0.39 is 42.4 Å². The number of rotatable bonds is 16. The second kappa shape index (κ2) is 17.6. The molecule has 0 radical (unpaired) electrons. The average Bonchev–Trinajstić information content (AvgIpc) is 3.24. The van der Waals surface area contributed by atoms with Crippen molar-refractivity contribution in [3.05, 3.63) is 115 Å². The van der Waals surface area contributed by atoms with Gasteiger partial charge in [0.1, 0.15) is 12.5 Å². The van der Waals surface area contributed by atoms with E-state index in [0.717, 1.165) is 12.2 Å². The van der Waals surface area contributed by atoms with Gasteiger partial charge in [-0.15, -0.1) is 0 Å². The molecule has 1 aromatic rings. The van der Waals surface area contributed by atoms with Gasteiger partial charge in [-0.2, -0.15) is 13.2 Å². The third kappa shape index (κ3) is 11.4. The summed E-state index contributed by atoms with van der Waals surface area (Å²) in [5.74, 6) is -1.60. The van der Waals surface area contributed by atoms with Crippen molar-refractivity contribution in [2.24, 2.45) is 5.92 Å². The first-order valence-corrected chi connectivity index (χ1v) is 14.4. The molecule has 0 saturated carbocycles. The number of aldehydes is 1. The van der Waals surface area contributed by atoms with Crippen LogP contribution in [0.2, 0.25) is 0 Å². The summed E-state index contributed by atoms with van der Waals surface area (Å²) in [5, 5.41) is 19.9. The van der Waals surface area contributed by atoms with Crippen molar-refractivity contribution in [1.29, 1.82) is 5.41 Å². The smallest absolute Gasteiger partial charge is 0.398 e. The van der Waals surface area contributed by atoms with Gasteiger partial charge in [0.2, 0.25) is 5.91 Å². The van der Waals surface area contributed by atoms with Crippen molar-refractivity contribution in [2.75, 3.05) is 25.9 Å². The zero-order chi connectivity index (χ0) is 33.6. The van der Waals surface area contributed by atoms with Crippen molar-refractivity contribution < 1.29 is 27.9 Å². The summed E-state index contributed by atoms with van der Waals surface area (Å²) in [6.07, 6.45) is 11.0. The number of anilines is 1. The number of nitrogens with one attached hydrogen (secondary N) is 1. The van der Waals surface area contributed by atoms with E-state index in [1.807, 2.05) is 18.2 Å². The summed E-state index contributed by atoms with van der Waals surface area (Å²) in [6.45, 7) is 7.17. The minimum absolute atomic E-state index is 0.0424. The number of hydrogen-bond acceptors (Lipinski definition) is 7. The van der Waals surface area contributed by atoms with E-state index in [2.05, 4.69) is 6.58 Å². The Hall–Kier alpha value is -4.64. The van der Waals surface area contributed by atoms with E-state index in [-0.39, 0.29) is 18.6 Å². The maximum absolute atomic E-state index is 13.7. The van der Waals surface area contributed by atoms with Crippen LogP contribution in [-0.4, -0.2) is 76.3 Å². The molecular weight excluding hydrogens is 583 g/mol. The summed E-state index contributed by atoms with van der Waals surface area (Å²) >= 11 is 0. The lowest BCUT2D eigenvalue weighted by molar-refractivity contribution is -0.136. The van der Waals surface area contributed by atoms with E-state index in [0.29, 0.717) is 29.8 Å². The van der Waals surface area contributed by atoms with Crippen molar-refractivity contribution in [3.8, 4) is 0 Å². The number of nitrogens with two attached hydrogens (primary N) is 1. The number of nitrogen functional groups attached to an aromatic ring is 1. The summed E-state index contributed by atoms with van der Waals surface area (Å²) in [4.78, 5) is 30.4. The number of amides is 1. The van der Waals surface area contributed by atoms with Gasteiger partial charge in [-0.05, 0) is 32.1 Å². The number of carbonyl (C=O) groups excluding carboxylic acids is 2. The van der Waals surface area contributed by atoms with Crippen LogP contribution in [0, 0.1) is 11.3 Å². The summed E-state index contributed by atoms with van der Waals surface area (Å²) < 4.78 is 39.9. The van der Waals surface area contributed by atoms with Crippen molar-refractivity contribution in [1.82, 2.24) is 14.7 Å². The minimum atomic E-state index is -4.54. The van der Waals surface area contributed by atoms with E-state index in [4.69, 9.17) is 11.1 Å². The molecule has 242 valence electrons. The molecule has 0 saturated heterocycles. The summed E-state index contributed by atoms with van der Waals surface area (Å²) in [6, 6.07) is 6.29. The number of halogens is 3. The first-order valence-electron chi connectivity index (χ1n) is 14.4. The number of allylic oxidation sites excluding steroid dienone is 9. The van der Waals surface area contributed by atoms with Gasteiger partial charge in [-0.1, -0.05) is 67.3 Å². The Morgan fingerprint density at radius 3 is 2.49 bits per heavy atom. The lowest BCUT2D eigenvalue weighted by Gasteiger charge is -2.34. The van der Waals surface area contributed by atoms with Gasteiger partial charge in [0.15, 0.2) is 0 Å². The van der Waals surface area contributed by atoms with Crippen LogP contribution in [0.5, 0.6) is 0 Å². The number of aliphatic hydroxyl groups excluding tert-OH is 1. The lowest BCUT2D eigenvalue weighted by atomic mass is 9.95. The predicted molar refractivity (Wildman–Crippen MR) is 173 cm³/mol. The van der Waals surface area contributed by atoms with Gasteiger partial charge < -0.3 is 35.7 Å². The van der Waals surface area contributed by atoms with Crippen LogP contribution in [0.15, 0.2) is 109 Å². The zero-order valence-corrected chi connectivity index (χ0v) is 25.8. The van der Waals surface area contributed by atoms with E-state index in [1.165, 1.54) is 28.2 Å². The molecule has 0 fully saturated rings. The number of para-hydroxylation sites is 1. The maximum atomic E-state index is 13.7. The number of alkyl halides is 3. The second-order valence-corrected chi connectivity index (χ2v) is 10.7. The fourth-order valence-corrected chi connectivity index (χ4v) is 4.53. The van der Waals surface area contributed by atoms with E-state index >= 15 is 0 Å². The molecule has 0 aromatic heterocycles. The molecule has 2 rings (SSSR count). The first-order chi connectivity index (χ1) is 21.3. The highest BCUT2D eigenvalue weighted by Crippen LogP contribution is 2.30. The van der Waals surface area contributed by atoms with Crippen LogP contribution in [0.25, 0.3) is 0 Å². The molecule has 1 aliphatic rings. The van der Waals surface area contributed by atoms with Crippen LogP contribution in [0.4, 0.5) is 18.9 Å². The molecule has 1 amide bonds. The van der Waals surface area contributed by atoms with Gasteiger partial charge >= 0.3 is 6.18 Å². The Morgan fingerprint density at radius 1 is 1.16 bits per heavy atom. The third-order valence-corrected chi connectivity index (χ3v) is 6.84. The Balaban J connectivity index is 2.38. The van der Waals surface area contributed by atoms with E-state index in [1.54, 1.807) is 68.4 Å². The third-order valence-electron chi connectivity index (χ3n) is 6.84. The molecule has 0 heterocycles. The minimum Gasteiger partial charge on any atom is -0.398 e. The van der Waals surface area contributed by atoms with Crippen LogP contribution >= 0.6 is 0 Å². The second-order valence-electron chi connectivity index (χ2n) is 10.7. The quantitative estimate of drug-likeness (QED) is 0.0711. The van der Waals surface area contributed by atoms with Gasteiger partial charge in [-0.3, -0.25) is 4.79 Å². The van der Waals surface area contributed by atoms with Crippen LogP contribution in [-0.2, 0) is 9.59 Å². The number of nitrogens with zero attached hydrogens (tertiary/aromatic N) is 3. The van der Waals surface area contributed by atoms with Crippen LogP contribution in [0.1, 0.15) is 32.3 Å². The molecular formula is C34H42F3N5O3. The fraction of sp³-hybridized carbons (Fsp3) is 0.324. The maximum Gasteiger partial charge on any atom is 0.416 e. The van der Waals surface area contributed by atoms with Crippen molar-refractivity contribution >= 4 is 23.6 Å². The first kappa shape index (κ1) is 36.6. The Labute approximate surface area is 263 Å².